The lowest BCUT2D eigenvalue weighted by Gasteiger charge is -2.12. The first-order valence-electron chi connectivity index (χ1n) is 9.28. The van der Waals surface area contributed by atoms with Gasteiger partial charge in [0, 0.05) is 12.6 Å². The molecule has 0 bridgehead atoms. The van der Waals surface area contributed by atoms with E-state index in [-0.39, 0.29) is 30.2 Å². The van der Waals surface area contributed by atoms with Crippen LogP contribution in [-0.4, -0.2) is 33.8 Å². The number of amides is 1. The largest absolute Gasteiger partial charge is 0.484 e. The van der Waals surface area contributed by atoms with Crippen molar-refractivity contribution in [3.05, 3.63) is 48.0 Å². The number of benzene rings is 2. The Morgan fingerprint density at radius 2 is 1.86 bits per heavy atom. The molecule has 0 aliphatic carbocycles. The fourth-order valence-electron chi connectivity index (χ4n) is 2.58. The molecule has 1 aliphatic heterocycles. The third-order valence-corrected chi connectivity index (χ3v) is 6.00. The Labute approximate surface area is 170 Å². The summed E-state index contributed by atoms with van der Waals surface area (Å²) in [5, 5.41) is 2.76. The SMILES string of the molecule is CC[C@@H](C)NS(=O)(=O)c1ccc(OCC(=O)NCc2ccc3c(c2)OCO3)cc1. The Balaban J connectivity index is 1.47. The number of nitrogens with one attached hydrogen (secondary N) is 2. The number of hydrogen-bond donors (Lipinski definition) is 2. The van der Waals surface area contributed by atoms with Gasteiger partial charge in [-0.25, -0.2) is 13.1 Å². The maximum Gasteiger partial charge on any atom is 0.258 e. The lowest BCUT2D eigenvalue weighted by Crippen LogP contribution is -2.32. The van der Waals surface area contributed by atoms with Crippen LogP contribution in [0, 0.1) is 0 Å². The smallest absolute Gasteiger partial charge is 0.258 e. The summed E-state index contributed by atoms with van der Waals surface area (Å²) in [6, 6.07) is 11.3. The molecule has 1 aliphatic rings. The Morgan fingerprint density at radius 1 is 1.14 bits per heavy atom. The topological polar surface area (TPSA) is 103 Å². The summed E-state index contributed by atoms with van der Waals surface area (Å²) in [7, 11) is -3.57. The van der Waals surface area contributed by atoms with Gasteiger partial charge in [-0.1, -0.05) is 13.0 Å². The molecule has 1 amide bonds. The lowest BCUT2D eigenvalue weighted by atomic mass is 10.2. The van der Waals surface area contributed by atoms with Gasteiger partial charge < -0.3 is 19.5 Å². The van der Waals surface area contributed by atoms with Gasteiger partial charge in [0.2, 0.25) is 16.8 Å². The molecule has 9 heteroatoms. The lowest BCUT2D eigenvalue weighted by molar-refractivity contribution is -0.123. The van der Waals surface area contributed by atoms with Gasteiger partial charge in [-0.15, -0.1) is 0 Å². The van der Waals surface area contributed by atoms with E-state index in [0.717, 1.165) is 5.56 Å². The Bertz CT molecular complexity index is 959. The number of carbonyl (C=O) groups is 1. The van der Waals surface area contributed by atoms with E-state index in [4.69, 9.17) is 14.2 Å². The highest BCUT2D eigenvalue weighted by atomic mass is 32.2. The van der Waals surface area contributed by atoms with Crippen LogP contribution in [0.25, 0.3) is 0 Å². The Hall–Kier alpha value is -2.78. The van der Waals surface area contributed by atoms with Crippen LogP contribution in [0.3, 0.4) is 0 Å². The summed E-state index contributed by atoms with van der Waals surface area (Å²) in [6.07, 6.45) is 0.696. The van der Waals surface area contributed by atoms with Crippen LogP contribution in [0.2, 0.25) is 0 Å². The van der Waals surface area contributed by atoms with Gasteiger partial charge in [0.1, 0.15) is 5.75 Å². The summed E-state index contributed by atoms with van der Waals surface area (Å²) in [5.74, 6) is 1.46. The molecule has 0 unspecified atom stereocenters. The highest BCUT2D eigenvalue weighted by Gasteiger charge is 2.17. The molecule has 2 N–H and O–H groups in total. The number of carbonyl (C=O) groups excluding carboxylic acids is 1. The second kappa shape index (κ2) is 9.15. The summed E-state index contributed by atoms with van der Waals surface area (Å²) in [5.41, 5.74) is 0.881. The summed E-state index contributed by atoms with van der Waals surface area (Å²) < 4.78 is 43.0. The van der Waals surface area contributed by atoms with E-state index in [1.807, 2.05) is 19.1 Å². The van der Waals surface area contributed by atoms with E-state index < -0.39 is 10.0 Å². The minimum Gasteiger partial charge on any atom is -0.484 e. The zero-order valence-electron chi connectivity index (χ0n) is 16.3. The highest BCUT2D eigenvalue weighted by Crippen LogP contribution is 2.32. The van der Waals surface area contributed by atoms with Crippen LogP contribution in [0.15, 0.2) is 47.4 Å². The fourth-order valence-corrected chi connectivity index (χ4v) is 3.91. The van der Waals surface area contributed by atoms with Crippen molar-refractivity contribution in [3.63, 3.8) is 0 Å². The van der Waals surface area contributed by atoms with Gasteiger partial charge in [-0.3, -0.25) is 4.79 Å². The maximum atomic E-state index is 12.2. The Morgan fingerprint density at radius 3 is 2.59 bits per heavy atom. The van der Waals surface area contributed by atoms with Crippen LogP contribution >= 0.6 is 0 Å². The molecule has 2 aromatic carbocycles. The highest BCUT2D eigenvalue weighted by molar-refractivity contribution is 7.89. The molecule has 8 nitrogen and oxygen atoms in total. The van der Waals surface area contributed by atoms with E-state index >= 15 is 0 Å². The predicted octanol–water partition coefficient (Wildman–Crippen LogP) is 2.19. The average Bonchev–Trinajstić information content (AvgIpc) is 3.18. The molecule has 0 saturated carbocycles. The molecular weight excluding hydrogens is 396 g/mol. The first-order chi connectivity index (χ1) is 13.9. The molecule has 1 atom stereocenters. The zero-order valence-corrected chi connectivity index (χ0v) is 17.1. The Kier molecular flexibility index (Phi) is 6.60. The van der Waals surface area contributed by atoms with Crippen molar-refractivity contribution in [2.45, 2.75) is 37.8 Å². The molecule has 0 saturated heterocycles. The fraction of sp³-hybridized carbons (Fsp3) is 0.350. The molecule has 0 radical (unpaired) electrons. The quantitative estimate of drug-likeness (QED) is 0.645. The third-order valence-electron chi connectivity index (χ3n) is 4.40. The van der Waals surface area contributed by atoms with Crippen molar-refractivity contribution < 1.29 is 27.4 Å². The summed E-state index contributed by atoms with van der Waals surface area (Å²) in [6.45, 7) is 4.06. The van der Waals surface area contributed by atoms with Crippen molar-refractivity contribution in [1.29, 1.82) is 0 Å². The molecule has 29 heavy (non-hydrogen) atoms. The van der Waals surface area contributed by atoms with Gasteiger partial charge in [0.05, 0.1) is 4.90 Å². The monoisotopic (exact) mass is 420 g/mol. The maximum absolute atomic E-state index is 12.2. The summed E-state index contributed by atoms with van der Waals surface area (Å²) >= 11 is 0. The zero-order chi connectivity index (χ0) is 20.9. The molecule has 0 spiro atoms. The average molecular weight is 420 g/mol. The minimum absolute atomic E-state index is 0.149. The number of fused-ring (bicyclic) bond motifs is 1. The van der Waals surface area contributed by atoms with E-state index in [1.165, 1.54) is 24.3 Å². The first-order valence-corrected chi connectivity index (χ1v) is 10.8. The van der Waals surface area contributed by atoms with Crippen molar-refractivity contribution in [2.24, 2.45) is 0 Å². The van der Waals surface area contributed by atoms with Gasteiger partial charge >= 0.3 is 0 Å². The molecule has 1 heterocycles. The van der Waals surface area contributed by atoms with Crippen LogP contribution < -0.4 is 24.2 Å². The van der Waals surface area contributed by atoms with Gasteiger partial charge in [-0.05, 0) is 55.3 Å². The van der Waals surface area contributed by atoms with Gasteiger partial charge in [0.25, 0.3) is 5.91 Å². The summed E-state index contributed by atoms with van der Waals surface area (Å²) in [4.78, 5) is 12.2. The van der Waals surface area contributed by atoms with E-state index in [1.54, 1.807) is 13.0 Å². The normalized spacial score (nSPS) is 13.7. The van der Waals surface area contributed by atoms with Crippen LogP contribution in [-0.2, 0) is 21.4 Å². The van der Waals surface area contributed by atoms with Crippen molar-refractivity contribution in [3.8, 4) is 17.2 Å². The van der Waals surface area contributed by atoms with Gasteiger partial charge in [0.15, 0.2) is 18.1 Å². The number of rotatable bonds is 9. The minimum atomic E-state index is -3.57. The predicted molar refractivity (Wildman–Crippen MR) is 106 cm³/mol. The van der Waals surface area contributed by atoms with Crippen molar-refractivity contribution >= 4 is 15.9 Å². The van der Waals surface area contributed by atoms with E-state index in [9.17, 15) is 13.2 Å². The number of ether oxygens (including phenoxy) is 3. The number of sulfonamides is 1. The molecule has 3 rings (SSSR count). The van der Waals surface area contributed by atoms with Crippen molar-refractivity contribution in [1.82, 2.24) is 10.0 Å². The first kappa shape index (κ1) is 20.9. The molecular formula is C20H24N2O6S. The van der Waals surface area contributed by atoms with Crippen LogP contribution in [0.4, 0.5) is 0 Å². The van der Waals surface area contributed by atoms with E-state index in [0.29, 0.717) is 30.2 Å². The van der Waals surface area contributed by atoms with Crippen molar-refractivity contribution in [2.75, 3.05) is 13.4 Å². The van der Waals surface area contributed by atoms with Crippen LogP contribution in [0.1, 0.15) is 25.8 Å². The molecule has 156 valence electrons. The molecule has 2 aromatic rings. The van der Waals surface area contributed by atoms with E-state index in [2.05, 4.69) is 10.0 Å². The van der Waals surface area contributed by atoms with Gasteiger partial charge in [-0.2, -0.15) is 0 Å². The second-order valence-electron chi connectivity index (χ2n) is 6.66. The molecule has 0 fully saturated rings. The van der Waals surface area contributed by atoms with Crippen LogP contribution in [0.5, 0.6) is 17.2 Å². The third kappa shape index (κ3) is 5.61. The molecule has 0 aromatic heterocycles. The number of hydrogen-bond acceptors (Lipinski definition) is 6. The standard InChI is InChI=1S/C20H24N2O6S/c1-3-14(2)22-29(24,25)17-7-5-16(6-8-17)26-12-20(23)21-11-15-4-9-18-19(10-15)28-13-27-18/h4-10,14,22H,3,11-13H2,1-2H3,(H,21,23)/t14-/m1/s1. The second-order valence-corrected chi connectivity index (χ2v) is 8.37.